The normalized spacial score (nSPS) is 12.1. The molecule has 0 aliphatic rings. The van der Waals surface area contributed by atoms with Crippen LogP contribution in [0.5, 0.6) is 0 Å². The first-order valence-electron chi connectivity index (χ1n) is 5.41. The van der Waals surface area contributed by atoms with Crippen LogP contribution in [0.15, 0.2) is 30.3 Å². The van der Waals surface area contributed by atoms with E-state index in [2.05, 4.69) is 4.74 Å². The van der Waals surface area contributed by atoms with Gasteiger partial charge >= 0.3 is 5.97 Å². The summed E-state index contributed by atoms with van der Waals surface area (Å²) in [7, 11) is 1.40. The Bertz CT molecular complexity index is 308. The number of carbonyl (C=O) groups excluding carboxylic acids is 1. The van der Waals surface area contributed by atoms with Crippen LogP contribution in [-0.2, 0) is 20.9 Å². The monoisotopic (exact) mass is 222 g/mol. The van der Waals surface area contributed by atoms with Crippen molar-refractivity contribution in [3.63, 3.8) is 0 Å². The summed E-state index contributed by atoms with van der Waals surface area (Å²) >= 11 is 0. The smallest absolute Gasteiger partial charge is 0.305 e. The van der Waals surface area contributed by atoms with E-state index in [-0.39, 0.29) is 11.9 Å². The molecule has 3 nitrogen and oxygen atoms in total. The third kappa shape index (κ3) is 4.94. The summed E-state index contributed by atoms with van der Waals surface area (Å²) in [6, 6.07) is 9.98. The van der Waals surface area contributed by atoms with Gasteiger partial charge in [0, 0.05) is 0 Å². The standard InChI is InChI=1S/C13H18O3/c1-11(8-13(14)15-2)9-16-10-12-6-4-3-5-7-12/h3-7,11H,8-10H2,1-2H3. The fraction of sp³-hybridized carbons (Fsp3) is 0.462. The van der Waals surface area contributed by atoms with Crippen LogP contribution in [0.25, 0.3) is 0 Å². The molecule has 1 atom stereocenters. The maximum absolute atomic E-state index is 11.0. The summed E-state index contributed by atoms with van der Waals surface area (Å²) in [5.74, 6) is 0.00646. The molecule has 0 saturated heterocycles. The Morgan fingerprint density at radius 2 is 2.00 bits per heavy atom. The molecule has 1 aromatic carbocycles. The van der Waals surface area contributed by atoms with Crippen LogP contribution in [-0.4, -0.2) is 19.7 Å². The lowest BCUT2D eigenvalue weighted by molar-refractivity contribution is -0.142. The predicted molar refractivity (Wildman–Crippen MR) is 61.9 cm³/mol. The molecule has 3 heteroatoms. The molecule has 88 valence electrons. The van der Waals surface area contributed by atoms with Crippen LogP contribution in [0.2, 0.25) is 0 Å². The molecule has 0 aliphatic heterocycles. The van der Waals surface area contributed by atoms with Crippen LogP contribution in [0.3, 0.4) is 0 Å². The van der Waals surface area contributed by atoms with Crippen LogP contribution in [0, 0.1) is 5.92 Å². The molecular formula is C13H18O3. The lowest BCUT2D eigenvalue weighted by Crippen LogP contribution is -2.12. The third-order valence-corrected chi connectivity index (χ3v) is 2.26. The summed E-state index contributed by atoms with van der Waals surface area (Å²) in [4.78, 5) is 11.0. The van der Waals surface area contributed by atoms with E-state index in [9.17, 15) is 4.79 Å². The van der Waals surface area contributed by atoms with Gasteiger partial charge in [0.1, 0.15) is 0 Å². The maximum Gasteiger partial charge on any atom is 0.305 e. The zero-order valence-corrected chi connectivity index (χ0v) is 9.81. The van der Waals surface area contributed by atoms with E-state index in [0.29, 0.717) is 19.6 Å². The quantitative estimate of drug-likeness (QED) is 0.693. The lowest BCUT2D eigenvalue weighted by atomic mass is 10.1. The number of ether oxygens (including phenoxy) is 2. The highest BCUT2D eigenvalue weighted by molar-refractivity contribution is 5.69. The fourth-order valence-electron chi connectivity index (χ4n) is 1.38. The van der Waals surface area contributed by atoms with Gasteiger partial charge in [-0.05, 0) is 11.5 Å². The first-order valence-corrected chi connectivity index (χ1v) is 5.41. The number of carbonyl (C=O) groups is 1. The molecule has 0 heterocycles. The first kappa shape index (κ1) is 12.7. The van der Waals surface area contributed by atoms with Crippen molar-refractivity contribution in [3.05, 3.63) is 35.9 Å². The summed E-state index contributed by atoms with van der Waals surface area (Å²) in [5.41, 5.74) is 1.15. The van der Waals surface area contributed by atoms with Crippen molar-refractivity contribution in [1.82, 2.24) is 0 Å². The maximum atomic E-state index is 11.0. The zero-order valence-electron chi connectivity index (χ0n) is 9.81. The summed E-state index contributed by atoms with van der Waals surface area (Å²) < 4.78 is 10.1. The first-order chi connectivity index (χ1) is 7.72. The van der Waals surface area contributed by atoms with Crippen LogP contribution in [0.1, 0.15) is 18.9 Å². The molecule has 1 rings (SSSR count). The second kappa shape index (κ2) is 7.01. The van der Waals surface area contributed by atoms with Crippen molar-refractivity contribution in [3.8, 4) is 0 Å². The average Bonchev–Trinajstić information content (AvgIpc) is 2.30. The van der Waals surface area contributed by atoms with Crippen molar-refractivity contribution >= 4 is 5.97 Å². The van der Waals surface area contributed by atoms with E-state index in [1.54, 1.807) is 0 Å². The highest BCUT2D eigenvalue weighted by Crippen LogP contribution is 2.06. The number of hydrogen-bond acceptors (Lipinski definition) is 3. The van der Waals surface area contributed by atoms with E-state index in [1.165, 1.54) is 7.11 Å². The van der Waals surface area contributed by atoms with Gasteiger partial charge in [0.25, 0.3) is 0 Å². The molecule has 1 unspecified atom stereocenters. The Morgan fingerprint density at radius 3 is 2.62 bits per heavy atom. The number of methoxy groups -OCH3 is 1. The van der Waals surface area contributed by atoms with E-state index in [4.69, 9.17) is 4.74 Å². The van der Waals surface area contributed by atoms with Gasteiger partial charge in [-0.3, -0.25) is 4.79 Å². The predicted octanol–water partition coefficient (Wildman–Crippen LogP) is 2.40. The van der Waals surface area contributed by atoms with Gasteiger partial charge in [-0.2, -0.15) is 0 Å². The summed E-state index contributed by atoms with van der Waals surface area (Å²) in [5, 5.41) is 0. The van der Waals surface area contributed by atoms with Crippen molar-refractivity contribution in [2.45, 2.75) is 20.0 Å². The topological polar surface area (TPSA) is 35.5 Å². The number of rotatable bonds is 6. The Labute approximate surface area is 96.4 Å². The van der Waals surface area contributed by atoms with Crippen molar-refractivity contribution < 1.29 is 14.3 Å². The summed E-state index contributed by atoms with van der Waals surface area (Å²) in [6.45, 7) is 3.14. The number of hydrogen-bond donors (Lipinski definition) is 0. The highest BCUT2D eigenvalue weighted by Gasteiger charge is 2.08. The molecule has 0 N–H and O–H groups in total. The van der Waals surface area contributed by atoms with Crippen LogP contribution in [0.4, 0.5) is 0 Å². The van der Waals surface area contributed by atoms with Gasteiger partial charge in [0.15, 0.2) is 0 Å². The Morgan fingerprint density at radius 1 is 1.31 bits per heavy atom. The van der Waals surface area contributed by atoms with Crippen molar-refractivity contribution in [2.75, 3.05) is 13.7 Å². The van der Waals surface area contributed by atoms with E-state index in [0.717, 1.165) is 5.56 Å². The molecule has 0 aromatic heterocycles. The summed E-state index contributed by atoms with van der Waals surface area (Å²) in [6.07, 6.45) is 0.408. The Hall–Kier alpha value is -1.35. The molecule has 0 fully saturated rings. The zero-order chi connectivity index (χ0) is 11.8. The van der Waals surface area contributed by atoms with E-state index >= 15 is 0 Å². The minimum absolute atomic E-state index is 0.184. The van der Waals surface area contributed by atoms with Crippen molar-refractivity contribution in [2.24, 2.45) is 5.92 Å². The molecule has 0 radical (unpaired) electrons. The molecule has 0 saturated carbocycles. The Kier molecular flexibility index (Phi) is 5.57. The average molecular weight is 222 g/mol. The van der Waals surface area contributed by atoms with Crippen LogP contribution >= 0.6 is 0 Å². The molecular weight excluding hydrogens is 204 g/mol. The largest absolute Gasteiger partial charge is 0.469 e. The second-order valence-corrected chi connectivity index (χ2v) is 3.89. The molecule has 1 aromatic rings. The molecule has 0 amide bonds. The van der Waals surface area contributed by atoms with Crippen molar-refractivity contribution in [1.29, 1.82) is 0 Å². The SMILES string of the molecule is COC(=O)CC(C)COCc1ccccc1. The fourth-order valence-corrected chi connectivity index (χ4v) is 1.38. The molecule has 0 spiro atoms. The van der Waals surface area contributed by atoms with Gasteiger partial charge in [0.05, 0.1) is 26.7 Å². The van der Waals surface area contributed by atoms with E-state index < -0.39 is 0 Å². The minimum Gasteiger partial charge on any atom is -0.469 e. The minimum atomic E-state index is -0.184. The van der Waals surface area contributed by atoms with E-state index in [1.807, 2.05) is 37.3 Å². The molecule has 0 aliphatic carbocycles. The van der Waals surface area contributed by atoms with Gasteiger partial charge in [-0.15, -0.1) is 0 Å². The highest BCUT2D eigenvalue weighted by atomic mass is 16.5. The molecule has 16 heavy (non-hydrogen) atoms. The number of benzene rings is 1. The Balaban J connectivity index is 2.18. The van der Waals surface area contributed by atoms with Gasteiger partial charge < -0.3 is 9.47 Å². The van der Waals surface area contributed by atoms with Crippen LogP contribution < -0.4 is 0 Å². The number of esters is 1. The third-order valence-electron chi connectivity index (χ3n) is 2.26. The lowest BCUT2D eigenvalue weighted by Gasteiger charge is -2.10. The van der Waals surface area contributed by atoms with Gasteiger partial charge in [0.2, 0.25) is 0 Å². The van der Waals surface area contributed by atoms with Gasteiger partial charge in [-0.25, -0.2) is 0 Å². The van der Waals surface area contributed by atoms with Gasteiger partial charge in [-0.1, -0.05) is 37.3 Å². The molecule has 0 bridgehead atoms. The second-order valence-electron chi connectivity index (χ2n) is 3.89.